The molecule has 29 heavy (non-hydrogen) atoms. The molecule has 0 aliphatic rings. The molecule has 150 valence electrons. The minimum absolute atomic E-state index is 0.0985. The molecule has 7 heteroatoms. The number of hydrogen-bond acceptors (Lipinski definition) is 5. The number of allylic oxidation sites excluding steroid dienone is 1. The van der Waals surface area contributed by atoms with Gasteiger partial charge in [-0.15, -0.1) is 0 Å². The molecule has 0 aliphatic heterocycles. The van der Waals surface area contributed by atoms with Crippen LogP contribution in [0.1, 0.15) is 32.9 Å². The number of halogens is 1. The second-order valence-electron chi connectivity index (χ2n) is 6.61. The molecule has 0 radical (unpaired) electrons. The number of rotatable bonds is 6. The standard InChI is InChI=1S/C22H21BrN2O4/c1-13-22(23)14(2)25(24-13)12-16-10-15(5-9-21(16)29-3)4-8-19(27)18-7-6-17(26)11-20(18)28/h4-11,26,28H,12H2,1-3H3/b8-4+. The second kappa shape index (κ2) is 8.53. The molecule has 0 unspecified atom stereocenters. The lowest BCUT2D eigenvalue weighted by Crippen LogP contribution is -2.06. The van der Waals surface area contributed by atoms with Gasteiger partial charge in [0.2, 0.25) is 0 Å². The Kier molecular flexibility index (Phi) is 6.08. The topological polar surface area (TPSA) is 84.6 Å². The number of aromatic nitrogens is 2. The van der Waals surface area contributed by atoms with Crippen LogP contribution in [-0.2, 0) is 6.54 Å². The molecular formula is C22H21BrN2O4. The van der Waals surface area contributed by atoms with Gasteiger partial charge in [-0.25, -0.2) is 0 Å². The number of hydrogen-bond donors (Lipinski definition) is 2. The molecule has 0 bridgehead atoms. The van der Waals surface area contributed by atoms with Gasteiger partial charge in [-0.05, 0) is 65.7 Å². The Morgan fingerprint density at radius 2 is 1.97 bits per heavy atom. The first-order chi connectivity index (χ1) is 13.8. The number of carbonyl (C=O) groups excluding carboxylic acids is 1. The SMILES string of the molecule is COc1ccc(/C=C/C(=O)c2ccc(O)cc2O)cc1Cn1nc(C)c(Br)c1C. The fourth-order valence-corrected chi connectivity index (χ4v) is 3.29. The minimum atomic E-state index is -0.359. The van der Waals surface area contributed by atoms with Crippen molar-refractivity contribution in [2.24, 2.45) is 0 Å². The molecule has 0 saturated carbocycles. The van der Waals surface area contributed by atoms with Crippen LogP contribution in [-0.4, -0.2) is 32.9 Å². The van der Waals surface area contributed by atoms with E-state index in [1.165, 1.54) is 18.2 Å². The van der Waals surface area contributed by atoms with Gasteiger partial charge in [0.05, 0.1) is 35.1 Å². The summed E-state index contributed by atoms with van der Waals surface area (Å²) in [4.78, 5) is 12.4. The van der Waals surface area contributed by atoms with E-state index in [0.29, 0.717) is 6.54 Å². The summed E-state index contributed by atoms with van der Waals surface area (Å²) in [6.07, 6.45) is 3.06. The van der Waals surface area contributed by atoms with E-state index in [0.717, 1.165) is 38.8 Å². The van der Waals surface area contributed by atoms with Crippen molar-refractivity contribution in [3.8, 4) is 17.2 Å². The Hall–Kier alpha value is -3.06. The Bertz CT molecular complexity index is 1100. The van der Waals surface area contributed by atoms with Crippen LogP contribution in [0, 0.1) is 13.8 Å². The van der Waals surface area contributed by atoms with Crippen molar-refractivity contribution in [3.63, 3.8) is 0 Å². The van der Waals surface area contributed by atoms with Crippen molar-refractivity contribution in [3.05, 3.63) is 75.0 Å². The molecule has 0 spiro atoms. The number of aromatic hydroxyl groups is 2. The van der Waals surface area contributed by atoms with Crippen LogP contribution < -0.4 is 4.74 Å². The molecule has 1 heterocycles. The van der Waals surface area contributed by atoms with Crippen LogP contribution in [0.2, 0.25) is 0 Å². The molecule has 6 nitrogen and oxygen atoms in total. The molecule has 0 saturated heterocycles. The third-order valence-electron chi connectivity index (χ3n) is 4.59. The lowest BCUT2D eigenvalue weighted by atomic mass is 10.1. The zero-order chi connectivity index (χ0) is 21.1. The molecule has 1 aromatic heterocycles. The van der Waals surface area contributed by atoms with Crippen LogP contribution in [0.25, 0.3) is 6.08 Å². The first kappa shape index (κ1) is 20.7. The summed E-state index contributed by atoms with van der Waals surface area (Å²) in [5.74, 6) is 0.0134. The van der Waals surface area contributed by atoms with Crippen molar-refractivity contribution in [2.75, 3.05) is 7.11 Å². The maximum atomic E-state index is 12.4. The van der Waals surface area contributed by atoms with E-state index >= 15 is 0 Å². The van der Waals surface area contributed by atoms with Crippen molar-refractivity contribution >= 4 is 27.8 Å². The number of benzene rings is 2. The molecule has 0 atom stereocenters. The normalized spacial score (nSPS) is 11.2. The van der Waals surface area contributed by atoms with Crippen molar-refractivity contribution in [2.45, 2.75) is 20.4 Å². The highest BCUT2D eigenvalue weighted by Gasteiger charge is 2.12. The van der Waals surface area contributed by atoms with Crippen molar-refractivity contribution in [1.29, 1.82) is 0 Å². The zero-order valence-corrected chi connectivity index (χ0v) is 17.9. The molecule has 0 aliphatic carbocycles. The van der Waals surface area contributed by atoms with E-state index in [1.807, 2.05) is 36.7 Å². The first-order valence-corrected chi connectivity index (χ1v) is 9.70. The van der Waals surface area contributed by atoms with E-state index in [-0.39, 0.29) is 22.8 Å². The Morgan fingerprint density at radius 1 is 1.21 bits per heavy atom. The number of aryl methyl sites for hydroxylation is 1. The first-order valence-electron chi connectivity index (χ1n) is 8.91. The van der Waals surface area contributed by atoms with Crippen LogP contribution in [0.5, 0.6) is 17.2 Å². The number of methoxy groups -OCH3 is 1. The highest BCUT2D eigenvalue weighted by Crippen LogP contribution is 2.26. The van der Waals surface area contributed by atoms with E-state index in [2.05, 4.69) is 21.0 Å². The summed E-state index contributed by atoms with van der Waals surface area (Å²) in [5, 5.41) is 23.7. The third-order valence-corrected chi connectivity index (χ3v) is 5.74. The zero-order valence-electron chi connectivity index (χ0n) is 16.3. The number of phenols is 2. The van der Waals surface area contributed by atoms with Gasteiger partial charge < -0.3 is 14.9 Å². The average Bonchev–Trinajstić information content (AvgIpc) is 2.93. The van der Waals surface area contributed by atoms with Gasteiger partial charge in [-0.1, -0.05) is 12.1 Å². The monoisotopic (exact) mass is 456 g/mol. The molecule has 2 N–H and O–H groups in total. The van der Waals surface area contributed by atoms with Crippen LogP contribution >= 0.6 is 15.9 Å². The second-order valence-corrected chi connectivity index (χ2v) is 7.41. The average molecular weight is 457 g/mol. The van der Waals surface area contributed by atoms with Crippen molar-refractivity contribution < 1.29 is 19.7 Å². The Labute approximate surface area is 177 Å². The molecule has 0 fully saturated rings. The molecule has 2 aromatic carbocycles. The van der Waals surface area contributed by atoms with Gasteiger partial charge in [0.15, 0.2) is 5.78 Å². The largest absolute Gasteiger partial charge is 0.508 e. The van der Waals surface area contributed by atoms with Crippen molar-refractivity contribution in [1.82, 2.24) is 9.78 Å². The predicted octanol–water partition coefficient (Wildman–Crippen LogP) is 4.63. The fourth-order valence-electron chi connectivity index (χ4n) is 3.01. The summed E-state index contributed by atoms with van der Waals surface area (Å²) < 4.78 is 8.34. The number of carbonyl (C=O) groups is 1. The van der Waals surface area contributed by atoms with Gasteiger partial charge in [-0.2, -0.15) is 5.10 Å². The third kappa shape index (κ3) is 4.51. The lowest BCUT2D eigenvalue weighted by molar-refractivity contribution is 0.104. The molecule has 3 aromatic rings. The lowest BCUT2D eigenvalue weighted by Gasteiger charge is -2.11. The van der Waals surface area contributed by atoms with Gasteiger partial charge in [0.1, 0.15) is 17.2 Å². The van der Waals surface area contributed by atoms with E-state index < -0.39 is 0 Å². The summed E-state index contributed by atoms with van der Waals surface area (Å²) >= 11 is 3.54. The minimum Gasteiger partial charge on any atom is -0.508 e. The van der Waals surface area contributed by atoms with E-state index in [9.17, 15) is 15.0 Å². The number of ketones is 1. The highest BCUT2D eigenvalue weighted by molar-refractivity contribution is 9.10. The molecular weight excluding hydrogens is 436 g/mol. The highest BCUT2D eigenvalue weighted by atomic mass is 79.9. The van der Waals surface area contributed by atoms with Gasteiger partial charge >= 0.3 is 0 Å². The summed E-state index contributed by atoms with van der Waals surface area (Å²) in [6, 6.07) is 9.51. The van der Waals surface area contributed by atoms with Gasteiger partial charge in [0, 0.05) is 11.6 Å². The quantitative estimate of drug-likeness (QED) is 0.417. The molecule has 3 rings (SSSR count). The summed E-state index contributed by atoms with van der Waals surface area (Å²) in [5.41, 5.74) is 3.79. The number of nitrogens with zero attached hydrogens (tertiary/aromatic N) is 2. The summed E-state index contributed by atoms with van der Waals surface area (Å²) in [6.45, 7) is 4.45. The number of ether oxygens (including phenoxy) is 1. The Morgan fingerprint density at radius 3 is 2.59 bits per heavy atom. The van der Waals surface area contributed by atoms with Gasteiger partial charge in [-0.3, -0.25) is 9.48 Å². The maximum Gasteiger partial charge on any atom is 0.189 e. The van der Waals surface area contributed by atoms with E-state index in [4.69, 9.17) is 4.74 Å². The Balaban J connectivity index is 1.87. The predicted molar refractivity (Wildman–Crippen MR) is 115 cm³/mol. The maximum absolute atomic E-state index is 12.4. The van der Waals surface area contributed by atoms with Crippen LogP contribution in [0.4, 0.5) is 0 Å². The van der Waals surface area contributed by atoms with Gasteiger partial charge in [0.25, 0.3) is 0 Å². The smallest absolute Gasteiger partial charge is 0.189 e. The van der Waals surface area contributed by atoms with E-state index in [1.54, 1.807) is 13.2 Å². The fraction of sp³-hybridized carbons (Fsp3) is 0.182. The molecule has 0 amide bonds. The van der Waals surface area contributed by atoms with Crippen LogP contribution in [0.3, 0.4) is 0 Å². The summed E-state index contributed by atoms with van der Waals surface area (Å²) in [7, 11) is 1.61. The number of phenolic OH excluding ortho intramolecular Hbond substituents is 2. The van der Waals surface area contributed by atoms with Crippen LogP contribution in [0.15, 0.2) is 46.9 Å².